The van der Waals surface area contributed by atoms with E-state index in [1.807, 2.05) is 0 Å². The van der Waals surface area contributed by atoms with Crippen LogP contribution in [0.3, 0.4) is 0 Å². The van der Waals surface area contributed by atoms with Crippen LogP contribution in [0.15, 0.2) is 231 Å². The molecule has 10 aromatic rings. The van der Waals surface area contributed by atoms with Crippen molar-refractivity contribution in [2.75, 3.05) is 4.90 Å². The predicted molar refractivity (Wildman–Crippen MR) is 327 cm³/mol. The highest BCUT2D eigenvalue weighted by Gasteiger charge is 2.48. The van der Waals surface area contributed by atoms with Crippen LogP contribution in [0.4, 0.5) is 17.1 Å². The molecule has 2 aliphatic carbocycles. The first kappa shape index (κ1) is 49.9. The molecule has 0 heterocycles. The summed E-state index contributed by atoms with van der Waals surface area (Å²) in [5.74, 6) is 0. The van der Waals surface area contributed by atoms with Crippen molar-refractivity contribution >= 4 is 17.1 Å². The van der Waals surface area contributed by atoms with Gasteiger partial charge in [0.2, 0.25) is 0 Å². The smallest absolute Gasteiger partial charge is 0.0714 e. The van der Waals surface area contributed by atoms with Gasteiger partial charge in [-0.2, -0.15) is 0 Å². The summed E-state index contributed by atoms with van der Waals surface area (Å²) in [7, 11) is 0. The van der Waals surface area contributed by atoms with Crippen molar-refractivity contribution in [2.45, 2.75) is 103 Å². The maximum atomic E-state index is 2.57. The Labute approximate surface area is 459 Å². The number of anilines is 3. The zero-order chi connectivity index (χ0) is 53.6. The van der Waals surface area contributed by atoms with E-state index in [-0.39, 0.29) is 16.2 Å². The SMILES string of the molecule is Cc1cc(N(c2ccc3c(c2)C(c2ccccc2)(c2ccc(C(C)(C)C)cc2)c2ccccc2-3)c2ccc3c(c2)C(c2ccc(C(C)(C)C)cc2)(c2ccc(C(C)(C)C)cc2)c2ccccc2-3)c(C)cc1-c1ccccc1. The van der Waals surface area contributed by atoms with E-state index in [0.29, 0.717) is 0 Å². The van der Waals surface area contributed by atoms with Crippen LogP contribution in [0.5, 0.6) is 0 Å². The highest BCUT2D eigenvalue weighted by Crippen LogP contribution is 2.60. The molecule has 77 heavy (non-hydrogen) atoms. The molecule has 0 aromatic heterocycles. The number of aryl methyl sites for hydroxylation is 2. The average Bonchev–Trinajstić information content (AvgIpc) is 4.03. The minimum atomic E-state index is -0.607. The van der Waals surface area contributed by atoms with Crippen LogP contribution in [0.25, 0.3) is 33.4 Å². The second-order valence-electron chi connectivity index (χ2n) is 25.1. The predicted octanol–water partition coefficient (Wildman–Crippen LogP) is 20.1. The molecule has 1 nitrogen and oxygen atoms in total. The summed E-state index contributed by atoms with van der Waals surface area (Å²) in [6.45, 7) is 25.3. The van der Waals surface area contributed by atoms with Crippen molar-refractivity contribution in [3.8, 4) is 33.4 Å². The topological polar surface area (TPSA) is 3.24 Å². The largest absolute Gasteiger partial charge is 0.310 e. The Morgan fingerprint density at radius 1 is 0.286 bits per heavy atom. The molecule has 0 fully saturated rings. The van der Waals surface area contributed by atoms with E-state index < -0.39 is 10.8 Å². The Balaban J connectivity index is 1.15. The van der Waals surface area contributed by atoms with Gasteiger partial charge in [-0.05, 0) is 172 Å². The molecule has 380 valence electrons. The lowest BCUT2D eigenvalue weighted by atomic mass is 9.66. The van der Waals surface area contributed by atoms with Gasteiger partial charge in [-0.3, -0.25) is 0 Å². The van der Waals surface area contributed by atoms with Gasteiger partial charge in [0, 0.05) is 17.1 Å². The fourth-order valence-electron chi connectivity index (χ4n) is 13.1. The fourth-order valence-corrected chi connectivity index (χ4v) is 13.1. The van der Waals surface area contributed by atoms with Gasteiger partial charge in [0.25, 0.3) is 0 Å². The number of nitrogens with zero attached hydrogens (tertiary/aromatic N) is 1. The van der Waals surface area contributed by atoms with Crippen molar-refractivity contribution < 1.29 is 0 Å². The van der Waals surface area contributed by atoms with E-state index in [1.165, 1.54) is 106 Å². The van der Waals surface area contributed by atoms with Crippen LogP contribution < -0.4 is 4.90 Å². The van der Waals surface area contributed by atoms with Crippen LogP contribution in [0, 0.1) is 13.8 Å². The summed E-state index contributed by atoms with van der Waals surface area (Å²) in [5.41, 5.74) is 26.4. The molecule has 0 N–H and O–H groups in total. The third kappa shape index (κ3) is 8.04. The van der Waals surface area contributed by atoms with Crippen molar-refractivity contribution in [2.24, 2.45) is 0 Å². The minimum absolute atomic E-state index is 0.0104. The molecule has 0 aliphatic heterocycles. The molecule has 0 bridgehead atoms. The molecule has 1 unspecified atom stereocenters. The first-order valence-corrected chi connectivity index (χ1v) is 27.7. The van der Waals surface area contributed by atoms with Crippen LogP contribution >= 0.6 is 0 Å². The summed E-state index contributed by atoms with van der Waals surface area (Å²) in [6.07, 6.45) is 0. The number of rotatable bonds is 8. The molecule has 0 saturated carbocycles. The van der Waals surface area contributed by atoms with Gasteiger partial charge in [0.1, 0.15) is 0 Å². The molecule has 0 spiro atoms. The van der Waals surface area contributed by atoms with Gasteiger partial charge < -0.3 is 4.90 Å². The third-order valence-electron chi connectivity index (χ3n) is 17.2. The lowest BCUT2D eigenvalue weighted by molar-refractivity contribution is 0.588. The number of benzene rings is 10. The normalized spacial score (nSPS) is 15.4. The van der Waals surface area contributed by atoms with Gasteiger partial charge in [-0.1, -0.05) is 256 Å². The Morgan fingerprint density at radius 3 is 1.04 bits per heavy atom. The number of hydrogen-bond donors (Lipinski definition) is 0. The molecule has 1 atom stereocenters. The van der Waals surface area contributed by atoms with Crippen molar-refractivity contribution in [1.82, 2.24) is 0 Å². The monoisotopic (exact) mass is 998 g/mol. The molecule has 0 radical (unpaired) electrons. The molecular formula is C76H71N. The molecule has 2 aliphatic rings. The molecule has 10 aromatic carbocycles. The summed E-state index contributed by atoms with van der Waals surface area (Å²) < 4.78 is 0. The van der Waals surface area contributed by atoms with Crippen LogP contribution in [-0.2, 0) is 27.1 Å². The Morgan fingerprint density at radius 2 is 0.636 bits per heavy atom. The lowest BCUT2D eigenvalue weighted by Crippen LogP contribution is -2.29. The van der Waals surface area contributed by atoms with Gasteiger partial charge in [-0.25, -0.2) is 0 Å². The van der Waals surface area contributed by atoms with Crippen LogP contribution in [0.1, 0.15) is 135 Å². The standard InChI is InChI=1S/C76H71N/c1-50-47-71(51(2)46-66(50)52-22-14-12-15-23-52)77(60-42-44-64-62-26-18-20-28-67(62)75(69(64)48-60,56-24-16-13-17-25-56)57-36-30-53(31-37-57)72(3,4)5)61-43-45-65-63-27-19-21-29-68(63)76(70(65)49-61,58-38-32-54(33-39-58)73(6,7)8)59-40-34-55(35-41-59)74(9,10)11/h12-49H,1-11H3. The van der Waals surface area contributed by atoms with Crippen molar-refractivity contribution in [3.63, 3.8) is 0 Å². The Kier molecular flexibility index (Phi) is 11.9. The fraction of sp³-hybridized carbons (Fsp3) is 0.211. The minimum Gasteiger partial charge on any atom is -0.310 e. The first-order chi connectivity index (χ1) is 36.9. The van der Waals surface area contributed by atoms with E-state index in [4.69, 9.17) is 0 Å². The van der Waals surface area contributed by atoms with Gasteiger partial charge in [0.05, 0.1) is 10.8 Å². The molecule has 1 heteroatoms. The quantitative estimate of drug-likeness (QED) is 0.147. The highest BCUT2D eigenvalue weighted by molar-refractivity contribution is 5.93. The molecule has 0 amide bonds. The van der Waals surface area contributed by atoms with E-state index in [1.54, 1.807) is 0 Å². The van der Waals surface area contributed by atoms with Gasteiger partial charge in [-0.15, -0.1) is 0 Å². The summed E-state index contributed by atoms with van der Waals surface area (Å²) in [5, 5.41) is 0. The first-order valence-electron chi connectivity index (χ1n) is 27.7. The zero-order valence-corrected chi connectivity index (χ0v) is 46.9. The zero-order valence-electron chi connectivity index (χ0n) is 46.9. The summed E-state index contributed by atoms with van der Waals surface area (Å²) in [6, 6.07) is 88.6. The van der Waals surface area contributed by atoms with Crippen molar-refractivity contribution in [1.29, 1.82) is 0 Å². The van der Waals surface area contributed by atoms with Crippen molar-refractivity contribution in [3.05, 3.63) is 303 Å². The molecule has 12 rings (SSSR count). The Hall–Kier alpha value is -8.00. The second-order valence-corrected chi connectivity index (χ2v) is 25.1. The highest BCUT2D eigenvalue weighted by atomic mass is 15.1. The maximum Gasteiger partial charge on any atom is 0.0714 e. The maximum absolute atomic E-state index is 2.57. The van der Waals surface area contributed by atoms with Gasteiger partial charge in [0.15, 0.2) is 0 Å². The van der Waals surface area contributed by atoms with E-state index in [0.717, 1.165) is 17.1 Å². The second kappa shape index (κ2) is 18.3. The Bertz CT molecular complexity index is 3780. The van der Waals surface area contributed by atoms with Crippen LogP contribution in [-0.4, -0.2) is 0 Å². The molecular weight excluding hydrogens is 927 g/mol. The van der Waals surface area contributed by atoms with E-state index >= 15 is 0 Å². The molecule has 0 saturated heterocycles. The number of hydrogen-bond acceptors (Lipinski definition) is 1. The van der Waals surface area contributed by atoms with E-state index in [2.05, 4.69) is 312 Å². The average molecular weight is 998 g/mol. The number of fused-ring (bicyclic) bond motifs is 6. The van der Waals surface area contributed by atoms with Gasteiger partial charge >= 0.3 is 0 Å². The lowest BCUT2D eigenvalue weighted by Gasteiger charge is -2.37. The van der Waals surface area contributed by atoms with E-state index in [9.17, 15) is 0 Å². The van der Waals surface area contributed by atoms with Crippen LogP contribution in [0.2, 0.25) is 0 Å². The summed E-state index contributed by atoms with van der Waals surface area (Å²) in [4.78, 5) is 2.57. The third-order valence-corrected chi connectivity index (χ3v) is 17.2. The summed E-state index contributed by atoms with van der Waals surface area (Å²) >= 11 is 0.